The number of rotatable bonds is 0. The fraction of sp³-hybridized carbons (Fsp3) is 0. The van der Waals surface area contributed by atoms with Gasteiger partial charge in [0.25, 0.3) is 0 Å². The van der Waals surface area contributed by atoms with E-state index in [-0.39, 0.29) is 107 Å². The summed E-state index contributed by atoms with van der Waals surface area (Å²) in [5, 5.41) is 0. The summed E-state index contributed by atoms with van der Waals surface area (Å²) in [5.74, 6) is 0. The second-order valence-corrected chi connectivity index (χ2v) is 0. The molecule has 0 spiro atoms. The Labute approximate surface area is 105 Å². The molecule has 0 saturated heterocycles. The molecule has 0 aromatic heterocycles. The van der Waals surface area contributed by atoms with Crippen LogP contribution < -0.4 is 0 Å². The van der Waals surface area contributed by atoms with E-state index in [0.29, 0.717) is 0 Å². The summed E-state index contributed by atoms with van der Waals surface area (Å²) in [4.78, 5) is 0. The van der Waals surface area contributed by atoms with Gasteiger partial charge in [0.2, 0.25) is 0 Å². The van der Waals surface area contributed by atoms with Crippen LogP contribution in [0.25, 0.3) is 0 Å². The maximum atomic E-state index is 0. The zero-order chi connectivity index (χ0) is 0. The third kappa shape index (κ3) is 19.4. The minimum atomic E-state index is 0. The zero-order valence-electron chi connectivity index (χ0n) is 4.52. The van der Waals surface area contributed by atoms with Crippen molar-refractivity contribution in [2.24, 2.45) is 0 Å². The SMILES string of the molecule is [H-].[H-].[O-2].[O-2].[Sr+2].[Ti+4].[Zr]. The van der Waals surface area contributed by atoms with Crippen LogP contribution in [0.15, 0.2) is 0 Å². The molecular formula is H2O2SrTiZr. The monoisotopic (exact) mass is 260 g/mol. The largest absolute Gasteiger partial charge is 4.00 e. The normalized spacial score (nSPS) is 0. The molecule has 0 amide bonds. The van der Waals surface area contributed by atoms with Crippen LogP contribution in [0.1, 0.15) is 2.85 Å². The Morgan fingerprint density at radius 1 is 1.00 bits per heavy atom. The molecule has 0 aliphatic heterocycles. The van der Waals surface area contributed by atoms with Crippen molar-refractivity contribution >= 4 is 45.5 Å². The maximum Gasteiger partial charge on any atom is 4.00 e. The predicted molar refractivity (Wildman–Crippen MR) is 9.35 cm³/mol. The van der Waals surface area contributed by atoms with Crippen LogP contribution in [-0.2, 0) is 58.9 Å². The van der Waals surface area contributed by atoms with Gasteiger partial charge in [0.1, 0.15) is 0 Å². The summed E-state index contributed by atoms with van der Waals surface area (Å²) in [6.07, 6.45) is 0. The Kier molecular flexibility index (Phi) is 244. The summed E-state index contributed by atoms with van der Waals surface area (Å²) < 4.78 is 0. The summed E-state index contributed by atoms with van der Waals surface area (Å²) in [6.45, 7) is 0. The van der Waals surface area contributed by atoms with Crippen molar-refractivity contribution in [3.63, 3.8) is 0 Å². The first-order valence-corrected chi connectivity index (χ1v) is 0. The first kappa shape index (κ1) is 43.6. The molecule has 0 aromatic carbocycles. The molecule has 5 heavy (non-hydrogen) atoms. The summed E-state index contributed by atoms with van der Waals surface area (Å²) in [5.41, 5.74) is 0. The first-order valence-electron chi connectivity index (χ1n) is 0. The average molecular weight is 261 g/mol. The van der Waals surface area contributed by atoms with Crippen molar-refractivity contribution in [1.82, 2.24) is 0 Å². The molecule has 0 aliphatic rings. The van der Waals surface area contributed by atoms with Crippen LogP contribution in [0.4, 0.5) is 0 Å². The van der Waals surface area contributed by atoms with Crippen molar-refractivity contribution in [3.05, 3.63) is 0 Å². The summed E-state index contributed by atoms with van der Waals surface area (Å²) in [7, 11) is 0. The molecule has 0 rings (SSSR count). The number of hydrogen-bond acceptors (Lipinski definition) is 0. The molecule has 0 saturated carbocycles. The van der Waals surface area contributed by atoms with Crippen molar-refractivity contribution < 1.29 is 61.7 Å². The van der Waals surface area contributed by atoms with Gasteiger partial charge in [-0.25, -0.2) is 0 Å². The molecule has 0 aromatic rings. The van der Waals surface area contributed by atoms with E-state index in [0.717, 1.165) is 0 Å². The van der Waals surface area contributed by atoms with Gasteiger partial charge in [0.05, 0.1) is 0 Å². The van der Waals surface area contributed by atoms with E-state index in [1.54, 1.807) is 0 Å². The molecule has 2 nitrogen and oxygen atoms in total. The molecule has 0 bridgehead atoms. The molecule has 0 fully saturated rings. The molecule has 24 valence electrons. The standard InChI is InChI=1S/2O.Sr.Ti.Zr.2H/q2*-2;+2;+4;;2*-1. The van der Waals surface area contributed by atoms with Crippen molar-refractivity contribution in [2.45, 2.75) is 0 Å². The molecule has 5 heteroatoms. The van der Waals surface area contributed by atoms with E-state index < -0.39 is 0 Å². The zero-order valence-corrected chi connectivity index (χ0v) is 10.0. The minimum absolute atomic E-state index is 0. The van der Waals surface area contributed by atoms with E-state index in [4.69, 9.17) is 0 Å². The van der Waals surface area contributed by atoms with Crippen LogP contribution >= 0.6 is 0 Å². The van der Waals surface area contributed by atoms with Crippen LogP contribution in [0.2, 0.25) is 0 Å². The van der Waals surface area contributed by atoms with Crippen LogP contribution in [0.3, 0.4) is 0 Å². The number of hydrogen-bond donors (Lipinski definition) is 0. The Morgan fingerprint density at radius 2 is 1.00 bits per heavy atom. The van der Waals surface area contributed by atoms with Gasteiger partial charge in [0.15, 0.2) is 0 Å². The van der Waals surface area contributed by atoms with Crippen LogP contribution in [0, 0.1) is 0 Å². The fourth-order valence-electron chi connectivity index (χ4n) is 0. The van der Waals surface area contributed by atoms with Crippen molar-refractivity contribution in [1.29, 1.82) is 0 Å². The van der Waals surface area contributed by atoms with Crippen molar-refractivity contribution in [2.75, 3.05) is 0 Å². The van der Waals surface area contributed by atoms with Crippen LogP contribution in [0.5, 0.6) is 0 Å². The Bertz CT molecular complexity index is 15.7. The first-order chi connectivity index (χ1) is 0. The van der Waals surface area contributed by atoms with Gasteiger partial charge in [0, 0.05) is 26.2 Å². The van der Waals surface area contributed by atoms with Crippen molar-refractivity contribution in [3.8, 4) is 0 Å². The smallest absolute Gasteiger partial charge is 2.00 e. The molecule has 0 aliphatic carbocycles. The van der Waals surface area contributed by atoms with Gasteiger partial charge in [-0.05, 0) is 0 Å². The van der Waals surface area contributed by atoms with Gasteiger partial charge < -0.3 is 13.8 Å². The molecule has 0 atom stereocenters. The average Bonchev–Trinajstić information content (AvgIpc) is 0. The second kappa shape index (κ2) is 28.0. The molecule has 0 N–H and O–H groups in total. The molecule has 0 unspecified atom stereocenters. The van der Waals surface area contributed by atoms with Gasteiger partial charge in [-0.1, -0.05) is 0 Å². The Morgan fingerprint density at radius 3 is 1.00 bits per heavy atom. The minimum Gasteiger partial charge on any atom is -2.00 e. The summed E-state index contributed by atoms with van der Waals surface area (Å²) in [6, 6.07) is 0. The fourth-order valence-corrected chi connectivity index (χ4v) is 0. The van der Waals surface area contributed by atoms with Crippen LogP contribution in [-0.4, -0.2) is 45.5 Å². The van der Waals surface area contributed by atoms with E-state index >= 15 is 0 Å². The second-order valence-electron chi connectivity index (χ2n) is 0. The van der Waals surface area contributed by atoms with E-state index in [1.807, 2.05) is 0 Å². The van der Waals surface area contributed by atoms with E-state index in [9.17, 15) is 0 Å². The molecule has 0 heterocycles. The summed E-state index contributed by atoms with van der Waals surface area (Å²) >= 11 is 0. The van der Waals surface area contributed by atoms with Gasteiger partial charge in [-0.2, -0.15) is 0 Å². The van der Waals surface area contributed by atoms with Gasteiger partial charge >= 0.3 is 67.2 Å². The Hall–Kier alpha value is 3.00. The quantitative estimate of drug-likeness (QED) is 0.533. The Balaban J connectivity index is 0. The van der Waals surface area contributed by atoms with E-state index in [1.165, 1.54) is 0 Å². The third-order valence-corrected chi connectivity index (χ3v) is 0. The molecular weight excluding hydrogens is 259 g/mol. The van der Waals surface area contributed by atoms with E-state index in [2.05, 4.69) is 0 Å². The van der Waals surface area contributed by atoms with Gasteiger partial charge in [-0.3, -0.25) is 0 Å². The predicted octanol–water partition coefficient (Wildman–Crippen LogP) is -0.398. The van der Waals surface area contributed by atoms with Gasteiger partial charge in [-0.15, -0.1) is 0 Å². The third-order valence-electron chi connectivity index (χ3n) is 0. The maximum absolute atomic E-state index is 0. The topological polar surface area (TPSA) is 57.0 Å². The molecule has 0 radical (unpaired) electrons.